The molecule has 0 unspecified atom stereocenters. The molecule has 6 nitrogen and oxygen atoms in total. The number of Topliss-reactive ketones (excluding diaryl/α,β-unsaturated/α-hetero) is 1. The number of rotatable bonds is 4. The lowest BCUT2D eigenvalue weighted by atomic mass is 10.3. The van der Waals surface area contributed by atoms with Gasteiger partial charge in [0.25, 0.3) is 0 Å². The molecule has 3 rings (SSSR count). The third-order valence-electron chi connectivity index (χ3n) is 2.96. The first-order valence-electron chi connectivity index (χ1n) is 6.79. The fraction of sp³-hybridized carbons (Fsp3) is 0.0625. The van der Waals surface area contributed by atoms with Crippen LogP contribution in [0.3, 0.4) is 0 Å². The second-order valence-corrected chi connectivity index (χ2v) is 5.72. The molecule has 0 bridgehead atoms. The molecule has 1 aromatic carbocycles. The first-order chi connectivity index (χ1) is 11.1. The van der Waals surface area contributed by atoms with Crippen molar-refractivity contribution in [2.24, 2.45) is 0 Å². The van der Waals surface area contributed by atoms with Crippen molar-refractivity contribution in [3.8, 4) is 0 Å². The Labute approximate surface area is 135 Å². The lowest BCUT2D eigenvalue weighted by molar-refractivity contribution is -0.111. The molecule has 0 saturated heterocycles. The van der Waals surface area contributed by atoms with Gasteiger partial charge in [-0.2, -0.15) is 0 Å². The van der Waals surface area contributed by atoms with Crippen molar-refractivity contribution in [2.45, 2.75) is 6.92 Å². The van der Waals surface area contributed by atoms with Crippen molar-refractivity contribution in [1.82, 2.24) is 15.0 Å². The minimum absolute atomic E-state index is 0.0787. The fourth-order valence-electron chi connectivity index (χ4n) is 1.85. The highest BCUT2D eigenvalue weighted by molar-refractivity contribution is 7.17. The summed E-state index contributed by atoms with van der Waals surface area (Å²) in [5, 5.41) is 2.99. The SMILES string of the molecule is CC(=O)c1cnc(NC(=O)/C=C\c2cnc3ccccc3n2)s1. The van der Waals surface area contributed by atoms with Crippen molar-refractivity contribution in [2.75, 3.05) is 5.32 Å². The highest BCUT2D eigenvalue weighted by atomic mass is 32.1. The van der Waals surface area contributed by atoms with Crippen molar-refractivity contribution in [3.05, 3.63) is 53.3 Å². The molecule has 0 aliphatic rings. The summed E-state index contributed by atoms with van der Waals surface area (Å²) in [5.41, 5.74) is 2.15. The standard InChI is InChI=1S/C16H12N4O2S/c1-10(21)14-9-18-16(23-14)20-15(22)7-6-11-8-17-12-4-2-3-5-13(12)19-11/h2-9H,1H3,(H,18,20,22)/b7-6-. The monoisotopic (exact) mass is 324 g/mol. The fourth-order valence-corrected chi connectivity index (χ4v) is 2.57. The van der Waals surface area contributed by atoms with Crippen LogP contribution >= 0.6 is 11.3 Å². The number of hydrogen-bond acceptors (Lipinski definition) is 6. The Bertz CT molecular complexity index is 917. The van der Waals surface area contributed by atoms with Gasteiger partial charge in [-0.3, -0.25) is 19.9 Å². The largest absolute Gasteiger partial charge is 0.298 e. The van der Waals surface area contributed by atoms with Crippen LogP contribution in [0.4, 0.5) is 5.13 Å². The average molecular weight is 324 g/mol. The van der Waals surface area contributed by atoms with E-state index < -0.39 is 0 Å². The van der Waals surface area contributed by atoms with Gasteiger partial charge in [0, 0.05) is 13.0 Å². The van der Waals surface area contributed by atoms with Crippen molar-refractivity contribution in [3.63, 3.8) is 0 Å². The van der Waals surface area contributed by atoms with E-state index in [1.165, 1.54) is 19.2 Å². The maximum Gasteiger partial charge on any atom is 0.250 e. The number of nitrogens with zero attached hydrogens (tertiary/aromatic N) is 3. The summed E-state index contributed by atoms with van der Waals surface area (Å²) >= 11 is 1.14. The number of hydrogen-bond donors (Lipinski definition) is 1. The van der Waals surface area contributed by atoms with Crippen LogP contribution in [0.2, 0.25) is 0 Å². The summed E-state index contributed by atoms with van der Waals surface area (Å²) < 4.78 is 0. The van der Waals surface area contributed by atoms with Crippen molar-refractivity contribution >= 4 is 45.3 Å². The Balaban J connectivity index is 1.70. The molecule has 0 atom stereocenters. The van der Waals surface area contributed by atoms with Gasteiger partial charge in [-0.25, -0.2) is 9.97 Å². The minimum atomic E-state index is -0.343. The van der Waals surface area contributed by atoms with E-state index in [0.29, 0.717) is 15.7 Å². The first kappa shape index (κ1) is 15.0. The number of carbonyl (C=O) groups excluding carboxylic acids is 2. The number of carbonyl (C=O) groups is 2. The maximum atomic E-state index is 11.9. The van der Waals surface area contributed by atoms with Crippen LogP contribution in [-0.4, -0.2) is 26.6 Å². The number of para-hydroxylation sites is 2. The average Bonchev–Trinajstić information content (AvgIpc) is 3.01. The number of nitrogens with one attached hydrogen (secondary N) is 1. The quantitative estimate of drug-likeness (QED) is 0.589. The summed E-state index contributed by atoms with van der Waals surface area (Å²) in [6.07, 6.45) is 5.98. The molecule has 2 aromatic heterocycles. The van der Waals surface area contributed by atoms with Crippen LogP contribution in [0.5, 0.6) is 0 Å². The summed E-state index contributed by atoms with van der Waals surface area (Å²) in [7, 11) is 0. The van der Waals surface area contributed by atoms with Gasteiger partial charge in [0.1, 0.15) is 0 Å². The van der Waals surface area contributed by atoms with E-state index >= 15 is 0 Å². The zero-order valence-electron chi connectivity index (χ0n) is 12.2. The van der Waals surface area contributed by atoms with Crippen LogP contribution in [0.15, 0.2) is 42.7 Å². The number of anilines is 1. The van der Waals surface area contributed by atoms with Gasteiger partial charge in [0.15, 0.2) is 10.9 Å². The van der Waals surface area contributed by atoms with E-state index in [4.69, 9.17) is 0 Å². The van der Waals surface area contributed by atoms with Gasteiger partial charge in [0.05, 0.1) is 34.0 Å². The summed E-state index contributed by atoms with van der Waals surface area (Å²) in [4.78, 5) is 36.2. The molecule has 23 heavy (non-hydrogen) atoms. The van der Waals surface area contributed by atoms with E-state index in [1.54, 1.807) is 12.3 Å². The molecule has 1 N–H and O–H groups in total. The molecule has 0 spiro atoms. The molecule has 0 fully saturated rings. The second-order valence-electron chi connectivity index (χ2n) is 4.69. The van der Waals surface area contributed by atoms with Gasteiger partial charge in [-0.15, -0.1) is 0 Å². The number of benzene rings is 1. The highest BCUT2D eigenvalue weighted by Crippen LogP contribution is 2.18. The van der Waals surface area contributed by atoms with Crippen LogP contribution in [0, 0.1) is 0 Å². The molecule has 7 heteroatoms. The zero-order chi connectivity index (χ0) is 16.2. The number of aromatic nitrogens is 3. The van der Waals surface area contributed by atoms with Crippen molar-refractivity contribution in [1.29, 1.82) is 0 Å². The molecule has 2 heterocycles. The van der Waals surface area contributed by atoms with E-state index in [0.717, 1.165) is 22.4 Å². The molecule has 3 aromatic rings. The predicted octanol–water partition coefficient (Wildman–Crippen LogP) is 2.94. The number of amides is 1. The first-order valence-corrected chi connectivity index (χ1v) is 7.61. The highest BCUT2D eigenvalue weighted by Gasteiger charge is 2.07. The van der Waals surface area contributed by atoms with Gasteiger partial charge < -0.3 is 0 Å². The lowest BCUT2D eigenvalue weighted by Gasteiger charge is -1.98. The summed E-state index contributed by atoms with van der Waals surface area (Å²) in [5.74, 6) is -0.422. The lowest BCUT2D eigenvalue weighted by Crippen LogP contribution is -2.07. The Hall–Kier alpha value is -2.93. The Kier molecular flexibility index (Phi) is 4.20. The molecular formula is C16H12N4O2S. The van der Waals surface area contributed by atoms with Crippen molar-refractivity contribution < 1.29 is 9.59 Å². The second kappa shape index (κ2) is 6.45. The van der Waals surface area contributed by atoms with E-state index in [1.807, 2.05) is 24.3 Å². The molecule has 0 saturated carbocycles. The number of fused-ring (bicyclic) bond motifs is 1. The van der Waals surface area contributed by atoms with Gasteiger partial charge in [-0.05, 0) is 18.2 Å². The topological polar surface area (TPSA) is 84.8 Å². The molecule has 0 aliphatic carbocycles. The predicted molar refractivity (Wildman–Crippen MR) is 89.3 cm³/mol. The maximum absolute atomic E-state index is 11.9. The Morgan fingerprint density at radius 2 is 1.91 bits per heavy atom. The Morgan fingerprint density at radius 3 is 2.65 bits per heavy atom. The smallest absolute Gasteiger partial charge is 0.250 e. The zero-order valence-corrected chi connectivity index (χ0v) is 13.0. The molecule has 0 radical (unpaired) electrons. The van der Waals surface area contributed by atoms with Gasteiger partial charge in [-0.1, -0.05) is 23.5 Å². The van der Waals surface area contributed by atoms with Crippen LogP contribution in [0.25, 0.3) is 17.1 Å². The van der Waals surface area contributed by atoms with Gasteiger partial charge >= 0.3 is 0 Å². The molecule has 0 aliphatic heterocycles. The normalized spacial score (nSPS) is 11.0. The third kappa shape index (κ3) is 3.64. The number of thiazole rings is 1. The Morgan fingerprint density at radius 1 is 1.13 bits per heavy atom. The minimum Gasteiger partial charge on any atom is -0.298 e. The van der Waals surface area contributed by atoms with E-state index in [9.17, 15) is 9.59 Å². The van der Waals surface area contributed by atoms with Crippen LogP contribution < -0.4 is 5.32 Å². The van der Waals surface area contributed by atoms with E-state index in [2.05, 4.69) is 20.3 Å². The van der Waals surface area contributed by atoms with Gasteiger partial charge in [0.2, 0.25) is 5.91 Å². The molecule has 114 valence electrons. The molecular weight excluding hydrogens is 312 g/mol. The van der Waals surface area contributed by atoms with E-state index in [-0.39, 0.29) is 11.7 Å². The van der Waals surface area contributed by atoms with Crippen LogP contribution in [-0.2, 0) is 4.79 Å². The third-order valence-corrected chi connectivity index (χ3v) is 3.97. The molecule has 1 amide bonds. The number of ketones is 1. The van der Waals surface area contributed by atoms with Crippen LogP contribution in [0.1, 0.15) is 22.3 Å². The summed E-state index contributed by atoms with van der Waals surface area (Å²) in [6.45, 7) is 1.46. The summed E-state index contributed by atoms with van der Waals surface area (Å²) in [6, 6.07) is 7.51.